The van der Waals surface area contributed by atoms with Gasteiger partial charge >= 0.3 is 0 Å². The minimum atomic E-state index is -0.731. The molecule has 1 N–H and O–H groups in total. The first kappa shape index (κ1) is 20.4. The molecule has 3 heterocycles. The predicted molar refractivity (Wildman–Crippen MR) is 109 cm³/mol. The number of allylic oxidation sites excluding steroid dienone is 4. The van der Waals surface area contributed by atoms with E-state index in [0.717, 1.165) is 0 Å². The number of carbonyl (C=O) groups is 2. The zero-order valence-corrected chi connectivity index (χ0v) is 17.2. The van der Waals surface area contributed by atoms with Gasteiger partial charge in [-0.15, -0.1) is 0 Å². The summed E-state index contributed by atoms with van der Waals surface area (Å²) in [5.41, 5.74) is 0.398. The van der Waals surface area contributed by atoms with Crippen molar-refractivity contribution in [2.24, 2.45) is 0 Å². The van der Waals surface area contributed by atoms with Crippen molar-refractivity contribution in [1.29, 1.82) is 0 Å². The Kier molecular flexibility index (Phi) is 5.27. The molecule has 0 saturated carbocycles. The molecule has 0 radical (unpaired) electrons. The molecule has 3 aliphatic rings. The molecule has 158 valence electrons. The molecule has 1 aromatic rings. The molecule has 0 fully saturated rings. The number of hydrogen-bond acceptors (Lipinski definition) is 4. The van der Waals surface area contributed by atoms with Gasteiger partial charge in [-0.05, 0) is 37.0 Å². The summed E-state index contributed by atoms with van der Waals surface area (Å²) in [6.45, 7) is 1.24. The van der Waals surface area contributed by atoms with Crippen LogP contribution in [0.2, 0.25) is 0 Å². The number of halogens is 2. The van der Waals surface area contributed by atoms with Crippen LogP contribution >= 0.6 is 11.6 Å². The number of nitrogens with zero attached hydrogens (tertiary/aromatic N) is 3. The molecule has 1 aromatic heterocycles. The lowest BCUT2D eigenvalue weighted by atomic mass is 9.95. The summed E-state index contributed by atoms with van der Waals surface area (Å²) in [4.78, 5) is 41.8. The summed E-state index contributed by atoms with van der Waals surface area (Å²) in [7, 11) is 1.65. The Morgan fingerprint density at radius 3 is 2.67 bits per heavy atom. The van der Waals surface area contributed by atoms with Crippen LogP contribution in [0.5, 0.6) is 5.75 Å². The van der Waals surface area contributed by atoms with Crippen molar-refractivity contribution in [3.05, 3.63) is 61.8 Å². The highest BCUT2D eigenvalue weighted by molar-refractivity contribution is 6.31. The molecule has 0 aromatic carbocycles. The average molecular weight is 434 g/mol. The van der Waals surface area contributed by atoms with Crippen LogP contribution in [0.1, 0.15) is 39.3 Å². The molecule has 0 atom stereocenters. The highest BCUT2D eigenvalue weighted by Gasteiger charge is 2.36. The SMILES string of the molecule is CN1CCCn2c(c3c(c(O)c2=O)C(=O)N(CC2=CCC=C(F)C(Cl)=C2)CC3)C1=O. The maximum Gasteiger partial charge on any atom is 0.294 e. The monoisotopic (exact) mass is 433 g/mol. The second-order valence-electron chi connectivity index (χ2n) is 7.62. The van der Waals surface area contributed by atoms with Crippen LogP contribution in [-0.4, -0.2) is 58.0 Å². The number of aromatic hydroxyl groups is 1. The largest absolute Gasteiger partial charge is 0.502 e. The molecular weight excluding hydrogens is 413 g/mol. The van der Waals surface area contributed by atoms with Crippen molar-refractivity contribution >= 4 is 23.4 Å². The molecule has 0 unspecified atom stereocenters. The third-order valence-corrected chi connectivity index (χ3v) is 5.98. The lowest BCUT2D eigenvalue weighted by Crippen LogP contribution is -2.43. The molecular formula is C21H21ClFN3O4. The van der Waals surface area contributed by atoms with Crippen LogP contribution in [0.15, 0.2) is 39.5 Å². The third-order valence-electron chi connectivity index (χ3n) is 5.69. The number of hydrogen-bond donors (Lipinski definition) is 1. The zero-order valence-electron chi connectivity index (χ0n) is 16.5. The van der Waals surface area contributed by atoms with E-state index in [2.05, 4.69) is 0 Å². The van der Waals surface area contributed by atoms with Crippen LogP contribution < -0.4 is 5.56 Å². The molecule has 4 rings (SSSR count). The van der Waals surface area contributed by atoms with Gasteiger partial charge in [-0.2, -0.15) is 0 Å². The van der Waals surface area contributed by atoms with Gasteiger partial charge in [0.1, 0.15) is 11.5 Å². The van der Waals surface area contributed by atoms with E-state index in [1.54, 1.807) is 13.1 Å². The van der Waals surface area contributed by atoms with Gasteiger partial charge in [0.2, 0.25) is 0 Å². The first-order chi connectivity index (χ1) is 14.3. The van der Waals surface area contributed by atoms with E-state index in [9.17, 15) is 23.9 Å². The molecule has 2 aliphatic heterocycles. The molecule has 0 saturated heterocycles. The number of amides is 2. The smallest absolute Gasteiger partial charge is 0.294 e. The van der Waals surface area contributed by atoms with Gasteiger partial charge in [-0.3, -0.25) is 14.4 Å². The summed E-state index contributed by atoms with van der Waals surface area (Å²) in [6, 6.07) is 0. The fraction of sp³-hybridized carbons (Fsp3) is 0.381. The normalized spacial score (nSPS) is 19.4. The maximum absolute atomic E-state index is 13.7. The van der Waals surface area contributed by atoms with Gasteiger partial charge in [-0.1, -0.05) is 17.7 Å². The number of pyridine rings is 1. The summed E-state index contributed by atoms with van der Waals surface area (Å²) in [5, 5.41) is 10.5. The predicted octanol–water partition coefficient (Wildman–Crippen LogP) is 2.33. The fourth-order valence-electron chi connectivity index (χ4n) is 4.13. The topological polar surface area (TPSA) is 82.8 Å². The summed E-state index contributed by atoms with van der Waals surface area (Å²) in [6.07, 6.45) is 5.83. The fourth-order valence-corrected chi connectivity index (χ4v) is 4.35. The van der Waals surface area contributed by atoms with Crippen molar-refractivity contribution in [3.8, 4) is 5.75 Å². The molecule has 1 aliphatic carbocycles. The Hall–Kier alpha value is -2.87. The second kappa shape index (κ2) is 7.75. The Labute approximate surface area is 177 Å². The summed E-state index contributed by atoms with van der Waals surface area (Å²) >= 11 is 5.92. The summed E-state index contributed by atoms with van der Waals surface area (Å²) in [5.74, 6) is -2.01. The molecule has 2 amide bonds. The molecule has 9 heteroatoms. The lowest BCUT2D eigenvalue weighted by molar-refractivity contribution is 0.0748. The molecule has 0 bridgehead atoms. The van der Waals surface area contributed by atoms with Crippen LogP contribution in [-0.2, 0) is 13.0 Å². The van der Waals surface area contributed by atoms with E-state index in [0.29, 0.717) is 50.0 Å². The van der Waals surface area contributed by atoms with Gasteiger partial charge in [0.15, 0.2) is 5.75 Å². The highest BCUT2D eigenvalue weighted by atomic mass is 35.5. The standard InChI is InChI=1S/C21H21ClFN3O4/c1-24-7-3-8-26-17(20(24)29)13-6-9-25(19(28)16(13)18(27)21(26)30)11-12-4-2-5-15(23)14(22)10-12/h4-5,10,27H,2-3,6-9,11H2,1H3. The summed E-state index contributed by atoms with van der Waals surface area (Å²) < 4.78 is 14.9. The Morgan fingerprint density at radius 2 is 1.90 bits per heavy atom. The lowest BCUT2D eigenvalue weighted by Gasteiger charge is -2.31. The zero-order chi connectivity index (χ0) is 21.6. The number of fused-ring (bicyclic) bond motifs is 3. The van der Waals surface area contributed by atoms with E-state index < -0.39 is 23.0 Å². The Morgan fingerprint density at radius 1 is 1.13 bits per heavy atom. The Bertz CT molecular complexity index is 1100. The van der Waals surface area contributed by atoms with Gasteiger partial charge in [0, 0.05) is 38.8 Å². The highest BCUT2D eigenvalue weighted by Crippen LogP contribution is 2.30. The van der Waals surface area contributed by atoms with Gasteiger partial charge in [-0.25, -0.2) is 4.39 Å². The number of aromatic nitrogens is 1. The van der Waals surface area contributed by atoms with Gasteiger partial charge in [0.25, 0.3) is 17.4 Å². The van der Waals surface area contributed by atoms with Crippen molar-refractivity contribution in [1.82, 2.24) is 14.4 Å². The first-order valence-corrected chi connectivity index (χ1v) is 10.1. The molecule has 7 nitrogen and oxygen atoms in total. The minimum Gasteiger partial charge on any atom is -0.502 e. The quantitative estimate of drug-likeness (QED) is 0.776. The van der Waals surface area contributed by atoms with E-state index in [-0.39, 0.29) is 28.7 Å². The van der Waals surface area contributed by atoms with Crippen LogP contribution in [0.4, 0.5) is 4.39 Å². The first-order valence-electron chi connectivity index (χ1n) is 9.75. The van der Waals surface area contributed by atoms with Gasteiger partial charge in [0.05, 0.1) is 10.6 Å². The average Bonchev–Trinajstić information content (AvgIpc) is 2.96. The van der Waals surface area contributed by atoms with Crippen molar-refractivity contribution in [3.63, 3.8) is 0 Å². The van der Waals surface area contributed by atoms with E-state index in [1.807, 2.05) is 0 Å². The van der Waals surface area contributed by atoms with Crippen molar-refractivity contribution < 1.29 is 19.1 Å². The van der Waals surface area contributed by atoms with E-state index >= 15 is 0 Å². The minimum absolute atomic E-state index is 0.0383. The van der Waals surface area contributed by atoms with Crippen LogP contribution in [0.25, 0.3) is 0 Å². The van der Waals surface area contributed by atoms with E-state index in [1.165, 1.54) is 26.5 Å². The molecule has 30 heavy (non-hydrogen) atoms. The number of carbonyl (C=O) groups excluding carboxylic acids is 2. The molecule has 0 spiro atoms. The van der Waals surface area contributed by atoms with E-state index in [4.69, 9.17) is 11.6 Å². The van der Waals surface area contributed by atoms with Crippen LogP contribution in [0, 0.1) is 0 Å². The Balaban J connectivity index is 1.73. The third kappa shape index (κ3) is 3.35. The van der Waals surface area contributed by atoms with Crippen molar-refractivity contribution in [2.45, 2.75) is 25.8 Å². The second-order valence-corrected chi connectivity index (χ2v) is 8.03. The maximum atomic E-state index is 13.7. The van der Waals surface area contributed by atoms with Crippen molar-refractivity contribution in [2.75, 3.05) is 26.7 Å². The number of rotatable bonds is 2. The van der Waals surface area contributed by atoms with Crippen LogP contribution in [0.3, 0.4) is 0 Å². The van der Waals surface area contributed by atoms with Gasteiger partial charge < -0.3 is 19.5 Å².